The highest BCUT2D eigenvalue weighted by atomic mass is 15.1. The molecule has 0 bridgehead atoms. The zero-order valence-corrected chi connectivity index (χ0v) is 37.5. The predicted molar refractivity (Wildman–Crippen MR) is 290 cm³/mol. The maximum Gasteiger partial charge on any atom is 0.0462 e. The lowest BCUT2D eigenvalue weighted by molar-refractivity contribution is 1.28. The summed E-state index contributed by atoms with van der Waals surface area (Å²) in [6.07, 6.45) is 0. The van der Waals surface area contributed by atoms with Crippen molar-refractivity contribution in [2.24, 2.45) is 0 Å². The fourth-order valence-corrected chi connectivity index (χ4v) is 10.3. The number of fused-ring (bicyclic) bond motifs is 3. The van der Waals surface area contributed by atoms with Crippen molar-refractivity contribution in [1.82, 2.24) is 0 Å². The van der Waals surface area contributed by atoms with Crippen LogP contribution >= 0.6 is 0 Å². The van der Waals surface area contributed by atoms with E-state index in [4.69, 9.17) is 0 Å². The van der Waals surface area contributed by atoms with Crippen LogP contribution in [0.1, 0.15) is 0 Å². The van der Waals surface area contributed by atoms with Crippen LogP contribution in [0.4, 0.5) is 34.1 Å². The molecule has 0 saturated carbocycles. The largest absolute Gasteiger partial charge is 0.311 e. The molecule has 0 unspecified atom stereocenters. The molecule has 2 heteroatoms. The van der Waals surface area contributed by atoms with Gasteiger partial charge in [-0.25, -0.2) is 0 Å². The minimum absolute atomic E-state index is 1.09. The zero-order valence-electron chi connectivity index (χ0n) is 37.5. The van der Waals surface area contributed by atoms with E-state index >= 15 is 0 Å². The molecular formula is C66H46N2. The minimum Gasteiger partial charge on any atom is -0.311 e. The quantitative estimate of drug-likeness (QED) is 0.126. The fraction of sp³-hybridized carbons (Fsp3) is 0. The van der Waals surface area contributed by atoms with Crippen molar-refractivity contribution in [2.75, 3.05) is 9.80 Å². The third kappa shape index (κ3) is 7.26. The monoisotopic (exact) mass is 866 g/mol. The maximum absolute atomic E-state index is 2.33. The van der Waals surface area contributed by atoms with Crippen LogP contribution in [0.25, 0.3) is 76.8 Å². The van der Waals surface area contributed by atoms with E-state index in [0.717, 1.165) is 45.3 Å². The summed E-state index contributed by atoms with van der Waals surface area (Å²) in [7, 11) is 0. The Morgan fingerprint density at radius 2 is 0.353 bits per heavy atom. The van der Waals surface area contributed by atoms with Crippen molar-refractivity contribution >= 4 is 66.4 Å². The Hall–Kier alpha value is -8.98. The Kier molecular flexibility index (Phi) is 10.6. The average molecular weight is 867 g/mol. The van der Waals surface area contributed by atoms with Gasteiger partial charge in [0.05, 0.1) is 0 Å². The van der Waals surface area contributed by atoms with Gasteiger partial charge in [0, 0.05) is 34.1 Å². The molecule has 0 atom stereocenters. The van der Waals surface area contributed by atoms with Crippen molar-refractivity contribution < 1.29 is 0 Å². The fourth-order valence-electron chi connectivity index (χ4n) is 10.3. The lowest BCUT2D eigenvalue weighted by Gasteiger charge is -2.27. The van der Waals surface area contributed by atoms with Crippen LogP contribution in [-0.4, -0.2) is 0 Å². The molecule has 0 aliphatic carbocycles. The Balaban J connectivity index is 1.18. The van der Waals surface area contributed by atoms with Crippen LogP contribution in [0.5, 0.6) is 0 Å². The van der Waals surface area contributed by atoms with Gasteiger partial charge in [0.2, 0.25) is 0 Å². The predicted octanol–water partition coefficient (Wildman–Crippen LogP) is 18.8. The van der Waals surface area contributed by atoms with E-state index < -0.39 is 0 Å². The number of anilines is 6. The SMILES string of the molecule is c1ccc(-c2c3ccccc3c(-c3ccccc3)c3c(-c4ccc(N(c5ccccc5)c5ccccc5)cc4)c4ccccc4c(-c4ccc(N(c5ccccc5)c5ccccc5)cc4)c23)cc1. The molecule has 0 N–H and O–H groups in total. The molecule has 0 aliphatic heterocycles. The van der Waals surface area contributed by atoms with E-state index in [0.29, 0.717) is 0 Å². The van der Waals surface area contributed by atoms with E-state index in [2.05, 4.69) is 289 Å². The molecule has 0 amide bonds. The lowest BCUT2D eigenvalue weighted by Crippen LogP contribution is -2.09. The first-order valence-corrected chi connectivity index (χ1v) is 23.4. The summed E-state index contributed by atoms with van der Waals surface area (Å²) in [6, 6.07) is 101. The summed E-state index contributed by atoms with van der Waals surface area (Å²) in [5.41, 5.74) is 16.2. The first-order valence-electron chi connectivity index (χ1n) is 23.4. The van der Waals surface area contributed by atoms with Gasteiger partial charge in [-0.15, -0.1) is 0 Å². The van der Waals surface area contributed by atoms with Gasteiger partial charge in [0.25, 0.3) is 0 Å². The van der Waals surface area contributed by atoms with E-state index in [1.807, 2.05) is 0 Å². The molecule has 0 radical (unpaired) electrons. The molecule has 0 fully saturated rings. The second-order valence-electron chi connectivity index (χ2n) is 17.2. The number of rotatable bonds is 10. The molecule has 12 aromatic rings. The molecule has 0 spiro atoms. The number of benzene rings is 12. The van der Waals surface area contributed by atoms with E-state index in [1.165, 1.54) is 65.7 Å². The van der Waals surface area contributed by atoms with Gasteiger partial charge in [0.15, 0.2) is 0 Å². The molecule has 2 nitrogen and oxygen atoms in total. The summed E-state index contributed by atoms with van der Waals surface area (Å²) in [4.78, 5) is 4.67. The topological polar surface area (TPSA) is 6.48 Å². The maximum atomic E-state index is 2.33. The van der Waals surface area contributed by atoms with Gasteiger partial charge < -0.3 is 9.80 Å². The molecular weight excluding hydrogens is 821 g/mol. The normalized spacial score (nSPS) is 11.2. The summed E-state index contributed by atoms with van der Waals surface area (Å²) >= 11 is 0. The second kappa shape index (κ2) is 17.8. The van der Waals surface area contributed by atoms with Gasteiger partial charge in [-0.05, 0) is 150 Å². The third-order valence-electron chi connectivity index (χ3n) is 13.2. The number of hydrogen-bond acceptors (Lipinski definition) is 2. The van der Waals surface area contributed by atoms with Crippen LogP contribution in [0.15, 0.2) is 279 Å². The Morgan fingerprint density at radius 1 is 0.162 bits per heavy atom. The highest BCUT2D eigenvalue weighted by molar-refractivity contribution is 6.33. The minimum atomic E-state index is 1.09. The Bertz CT molecular complexity index is 3340. The van der Waals surface area contributed by atoms with Crippen LogP contribution < -0.4 is 9.80 Å². The van der Waals surface area contributed by atoms with E-state index in [9.17, 15) is 0 Å². The molecule has 0 heterocycles. The van der Waals surface area contributed by atoms with Crippen molar-refractivity contribution in [3.63, 3.8) is 0 Å². The molecule has 0 aromatic heterocycles. The van der Waals surface area contributed by atoms with Gasteiger partial charge in [-0.3, -0.25) is 0 Å². The highest BCUT2D eigenvalue weighted by Gasteiger charge is 2.26. The Labute approximate surface area is 397 Å². The van der Waals surface area contributed by atoms with Crippen molar-refractivity contribution in [3.8, 4) is 44.5 Å². The van der Waals surface area contributed by atoms with Crippen molar-refractivity contribution in [1.29, 1.82) is 0 Å². The van der Waals surface area contributed by atoms with Crippen LogP contribution in [0.2, 0.25) is 0 Å². The lowest BCUT2D eigenvalue weighted by atomic mass is 9.77. The number of hydrogen-bond donors (Lipinski definition) is 0. The summed E-state index contributed by atoms with van der Waals surface area (Å²) < 4.78 is 0. The Morgan fingerprint density at radius 3 is 0.603 bits per heavy atom. The summed E-state index contributed by atoms with van der Waals surface area (Å²) in [6.45, 7) is 0. The molecule has 0 aliphatic rings. The molecule has 0 saturated heterocycles. The standard InChI is InChI=1S/C66H46N2/c1-7-23-47(24-8-1)61-57-35-19-20-36-58(57)62(48-25-9-2-10-26-48)66-64(50-41-45-56(46-42-50)68(53-31-15-5-16-32-53)54-33-17-6-18-34-54)60-38-22-21-37-59(60)63(65(61)66)49-39-43-55(44-40-49)67(51-27-11-3-12-28-51)52-29-13-4-14-30-52/h1-46H. The van der Waals surface area contributed by atoms with Crippen LogP contribution in [0, 0.1) is 0 Å². The van der Waals surface area contributed by atoms with Gasteiger partial charge in [-0.1, -0.05) is 206 Å². The van der Waals surface area contributed by atoms with Crippen LogP contribution in [-0.2, 0) is 0 Å². The summed E-state index contributed by atoms with van der Waals surface area (Å²) in [5, 5.41) is 7.32. The van der Waals surface area contributed by atoms with Gasteiger partial charge >= 0.3 is 0 Å². The molecule has 320 valence electrons. The van der Waals surface area contributed by atoms with E-state index in [1.54, 1.807) is 0 Å². The molecule has 12 rings (SSSR count). The first kappa shape index (κ1) is 40.5. The molecule has 12 aromatic carbocycles. The highest BCUT2D eigenvalue weighted by Crippen LogP contribution is 2.54. The van der Waals surface area contributed by atoms with Crippen LogP contribution in [0.3, 0.4) is 0 Å². The number of nitrogens with zero attached hydrogens (tertiary/aromatic N) is 2. The van der Waals surface area contributed by atoms with Crippen molar-refractivity contribution in [2.45, 2.75) is 0 Å². The number of para-hydroxylation sites is 4. The zero-order chi connectivity index (χ0) is 45.2. The van der Waals surface area contributed by atoms with Gasteiger partial charge in [0.1, 0.15) is 0 Å². The van der Waals surface area contributed by atoms with Crippen molar-refractivity contribution in [3.05, 3.63) is 279 Å². The smallest absolute Gasteiger partial charge is 0.0462 e. The second-order valence-corrected chi connectivity index (χ2v) is 17.2. The first-order chi connectivity index (χ1) is 33.8. The molecule has 68 heavy (non-hydrogen) atoms. The average Bonchev–Trinajstić information content (AvgIpc) is 3.42. The summed E-state index contributed by atoms with van der Waals surface area (Å²) in [5.74, 6) is 0. The van der Waals surface area contributed by atoms with E-state index in [-0.39, 0.29) is 0 Å². The van der Waals surface area contributed by atoms with Gasteiger partial charge in [-0.2, -0.15) is 0 Å². The third-order valence-corrected chi connectivity index (χ3v) is 13.2.